The van der Waals surface area contributed by atoms with E-state index >= 15 is 0 Å². The van der Waals surface area contributed by atoms with Gasteiger partial charge in [0.1, 0.15) is 17.6 Å². The van der Waals surface area contributed by atoms with E-state index in [9.17, 15) is 37.5 Å². The lowest BCUT2D eigenvalue weighted by atomic mass is 9.79. The number of carbonyl (C=O) groups is 4. The van der Waals surface area contributed by atoms with Gasteiger partial charge in [0.05, 0.1) is 13.5 Å². The number of amides is 3. The molecule has 1 saturated heterocycles. The second-order valence-corrected chi connectivity index (χ2v) is 11.4. The number of rotatable bonds is 11. The summed E-state index contributed by atoms with van der Waals surface area (Å²) in [7, 11) is 2.15. The van der Waals surface area contributed by atoms with Crippen molar-refractivity contribution in [3.8, 4) is 0 Å². The molecule has 1 saturated carbocycles. The van der Waals surface area contributed by atoms with E-state index in [1.54, 1.807) is 13.8 Å². The van der Waals surface area contributed by atoms with Gasteiger partial charge in [0, 0.05) is 20.1 Å². The second kappa shape index (κ2) is 14.2. The van der Waals surface area contributed by atoms with Crippen LogP contribution >= 0.6 is 0 Å². The molecule has 40 heavy (non-hydrogen) atoms. The fourth-order valence-electron chi connectivity index (χ4n) is 5.80. The van der Waals surface area contributed by atoms with Crippen LogP contribution in [0.25, 0.3) is 0 Å². The lowest BCUT2D eigenvalue weighted by Gasteiger charge is -2.38. The van der Waals surface area contributed by atoms with Crippen molar-refractivity contribution in [2.24, 2.45) is 16.8 Å². The number of hydrogen-bond donors (Lipinski definition) is 2. The SMILES string of the molecule is CO/C(=N\[C@@](C)(CC1CCCCC1)C(=O)N(C)C(C(=O)N[C@@H](CC(=O)O)C(=O)N1CCCC1)C(C)C)C(F)(F)F. The number of alkyl halides is 3. The smallest absolute Gasteiger partial charge is 0.468 e. The number of nitrogens with zero attached hydrogens (tertiary/aromatic N) is 3. The van der Waals surface area contributed by atoms with Gasteiger partial charge < -0.3 is 25.0 Å². The van der Waals surface area contributed by atoms with Crippen LogP contribution in [0.3, 0.4) is 0 Å². The molecular formula is C27H43F3N4O6. The number of methoxy groups -OCH3 is 1. The first-order valence-electron chi connectivity index (χ1n) is 13.9. The van der Waals surface area contributed by atoms with Gasteiger partial charge in [0.2, 0.25) is 11.8 Å². The van der Waals surface area contributed by atoms with Gasteiger partial charge in [-0.25, -0.2) is 4.99 Å². The van der Waals surface area contributed by atoms with Gasteiger partial charge in [0.25, 0.3) is 11.8 Å². The number of carbonyl (C=O) groups excluding carboxylic acids is 3. The van der Waals surface area contributed by atoms with E-state index in [-0.39, 0.29) is 12.3 Å². The number of aliphatic carboxylic acids is 1. The van der Waals surface area contributed by atoms with Crippen LogP contribution in [-0.2, 0) is 23.9 Å². The molecule has 0 bridgehead atoms. The molecule has 1 heterocycles. The zero-order chi connectivity index (χ0) is 30.3. The van der Waals surface area contributed by atoms with Gasteiger partial charge >= 0.3 is 12.1 Å². The Labute approximate surface area is 233 Å². The molecule has 1 aliphatic heterocycles. The zero-order valence-electron chi connectivity index (χ0n) is 24.1. The number of hydrogen-bond acceptors (Lipinski definition) is 6. The van der Waals surface area contributed by atoms with Crippen molar-refractivity contribution in [1.82, 2.24) is 15.1 Å². The van der Waals surface area contributed by atoms with Crippen LogP contribution in [-0.4, -0.2) is 95.5 Å². The Kier molecular flexibility index (Phi) is 11.8. The number of halogens is 3. The standard InChI is InChI=1S/C27H43F3N4O6/c1-17(2)21(22(37)31-19(15-20(35)36)23(38)34-13-9-10-14-34)33(4)25(39)26(3,16-18-11-7-6-8-12-18)32-24(40-5)27(28,29)30/h17-19,21H,6-16H2,1-5H3,(H,31,37)(H,35,36)/b32-24-/t19-,21?,26-/m0/s1. The van der Waals surface area contributed by atoms with Gasteiger partial charge in [-0.3, -0.25) is 19.2 Å². The van der Waals surface area contributed by atoms with E-state index in [4.69, 9.17) is 0 Å². The van der Waals surface area contributed by atoms with Crippen molar-refractivity contribution in [2.75, 3.05) is 27.2 Å². The minimum atomic E-state index is -4.92. The minimum absolute atomic E-state index is 0.0319. The zero-order valence-corrected chi connectivity index (χ0v) is 24.1. The van der Waals surface area contributed by atoms with Crippen LogP contribution in [0.4, 0.5) is 13.2 Å². The maximum absolute atomic E-state index is 13.9. The van der Waals surface area contributed by atoms with Crippen LogP contribution in [0, 0.1) is 11.8 Å². The van der Waals surface area contributed by atoms with E-state index < -0.39 is 65.7 Å². The predicted octanol–water partition coefficient (Wildman–Crippen LogP) is 3.39. The Hall–Kier alpha value is -2.86. The van der Waals surface area contributed by atoms with Crippen LogP contribution in [0.15, 0.2) is 4.99 Å². The first-order valence-corrected chi connectivity index (χ1v) is 13.9. The Balaban J connectivity index is 2.39. The summed E-state index contributed by atoms with van der Waals surface area (Å²) < 4.78 is 45.4. The Morgan fingerprint density at radius 1 is 1.07 bits per heavy atom. The summed E-state index contributed by atoms with van der Waals surface area (Å²) in [6, 6.07) is -2.54. The van der Waals surface area contributed by atoms with Crippen LogP contribution < -0.4 is 5.32 Å². The highest BCUT2D eigenvalue weighted by Gasteiger charge is 2.47. The van der Waals surface area contributed by atoms with E-state index in [2.05, 4.69) is 15.0 Å². The number of carboxylic acid groups (broad SMARTS) is 1. The van der Waals surface area contributed by atoms with Gasteiger partial charge in [-0.15, -0.1) is 0 Å². The molecule has 1 unspecified atom stereocenters. The Morgan fingerprint density at radius 2 is 1.65 bits per heavy atom. The highest BCUT2D eigenvalue weighted by atomic mass is 19.4. The fourth-order valence-corrected chi connectivity index (χ4v) is 5.80. The summed E-state index contributed by atoms with van der Waals surface area (Å²) in [5.74, 6) is -5.45. The molecule has 0 aromatic carbocycles. The Bertz CT molecular complexity index is 945. The monoisotopic (exact) mass is 576 g/mol. The van der Waals surface area contributed by atoms with Gasteiger partial charge in [-0.2, -0.15) is 13.2 Å². The molecule has 0 radical (unpaired) electrons. The molecule has 2 N–H and O–H groups in total. The van der Waals surface area contributed by atoms with Crippen molar-refractivity contribution in [2.45, 2.75) is 102 Å². The number of aliphatic imine (C=N–C) groups is 1. The average molecular weight is 577 g/mol. The van der Waals surface area contributed by atoms with Crippen molar-refractivity contribution in [3.63, 3.8) is 0 Å². The number of ether oxygens (including phenoxy) is 1. The molecule has 228 valence electrons. The van der Waals surface area contributed by atoms with E-state index in [0.717, 1.165) is 57.0 Å². The van der Waals surface area contributed by atoms with Gasteiger partial charge in [-0.05, 0) is 38.0 Å². The fraction of sp³-hybridized carbons (Fsp3) is 0.815. The normalized spacial score (nSPS) is 20.0. The minimum Gasteiger partial charge on any atom is -0.481 e. The van der Waals surface area contributed by atoms with Crippen molar-refractivity contribution in [3.05, 3.63) is 0 Å². The number of nitrogens with one attached hydrogen (secondary N) is 1. The lowest BCUT2D eigenvalue weighted by Crippen LogP contribution is -2.59. The first-order chi connectivity index (χ1) is 18.6. The molecule has 2 rings (SSSR count). The highest BCUT2D eigenvalue weighted by molar-refractivity contribution is 5.96. The number of likely N-dealkylation sites (N-methyl/N-ethyl adjacent to an activating group) is 1. The van der Waals surface area contributed by atoms with Crippen LogP contribution in [0.5, 0.6) is 0 Å². The molecule has 0 aromatic heterocycles. The van der Waals surface area contributed by atoms with E-state index in [1.165, 1.54) is 18.9 Å². The van der Waals surface area contributed by atoms with Crippen molar-refractivity contribution in [1.29, 1.82) is 0 Å². The lowest BCUT2D eigenvalue weighted by molar-refractivity contribution is -0.147. The predicted molar refractivity (Wildman–Crippen MR) is 141 cm³/mol. The molecule has 3 atom stereocenters. The molecule has 1 aliphatic carbocycles. The topological polar surface area (TPSA) is 129 Å². The van der Waals surface area contributed by atoms with Gasteiger partial charge in [-0.1, -0.05) is 46.0 Å². The molecule has 2 aliphatic rings. The number of likely N-dealkylation sites (tertiary alicyclic amines) is 1. The molecule has 3 amide bonds. The maximum Gasteiger partial charge on any atom is 0.468 e. The third-order valence-electron chi connectivity index (χ3n) is 7.70. The average Bonchev–Trinajstić information content (AvgIpc) is 3.40. The first kappa shape index (κ1) is 33.3. The van der Waals surface area contributed by atoms with Crippen molar-refractivity contribution >= 4 is 29.6 Å². The Morgan fingerprint density at radius 3 is 2.12 bits per heavy atom. The summed E-state index contributed by atoms with van der Waals surface area (Å²) in [5.41, 5.74) is -1.88. The van der Waals surface area contributed by atoms with Crippen LogP contribution in [0.2, 0.25) is 0 Å². The molecule has 13 heteroatoms. The van der Waals surface area contributed by atoms with Gasteiger partial charge in [0.15, 0.2) is 0 Å². The third kappa shape index (κ3) is 8.82. The maximum atomic E-state index is 13.9. The van der Waals surface area contributed by atoms with Crippen molar-refractivity contribution < 1.29 is 42.2 Å². The second-order valence-electron chi connectivity index (χ2n) is 11.4. The quantitative estimate of drug-likeness (QED) is 0.287. The third-order valence-corrected chi connectivity index (χ3v) is 7.70. The highest BCUT2D eigenvalue weighted by Crippen LogP contribution is 2.35. The summed E-state index contributed by atoms with van der Waals surface area (Å²) in [4.78, 5) is 58.2. The summed E-state index contributed by atoms with van der Waals surface area (Å²) in [6.07, 6.45) is 0.335. The molecule has 10 nitrogen and oxygen atoms in total. The number of carboxylic acids is 1. The molecule has 0 spiro atoms. The molecular weight excluding hydrogens is 533 g/mol. The summed E-state index contributed by atoms with van der Waals surface area (Å²) in [6.45, 7) is 5.54. The molecule has 2 fully saturated rings. The van der Waals surface area contributed by atoms with Crippen LogP contribution in [0.1, 0.15) is 78.6 Å². The van der Waals surface area contributed by atoms with E-state index in [1.807, 2.05) is 0 Å². The summed E-state index contributed by atoms with van der Waals surface area (Å²) >= 11 is 0. The van der Waals surface area contributed by atoms with E-state index in [0.29, 0.717) is 13.1 Å². The molecule has 0 aromatic rings. The largest absolute Gasteiger partial charge is 0.481 e. The summed E-state index contributed by atoms with van der Waals surface area (Å²) in [5, 5.41) is 11.9.